The van der Waals surface area contributed by atoms with Crippen molar-refractivity contribution >= 4 is 47.5 Å². The number of alkyl carbamates (subject to hydrolysis) is 1. The quantitative estimate of drug-likeness (QED) is 0.0817. The maximum absolute atomic E-state index is 12.5. The molecule has 8 N–H and O–H groups in total. The van der Waals surface area contributed by atoms with Crippen molar-refractivity contribution in [3.63, 3.8) is 0 Å². The second-order valence-electron chi connectivity index (χ2n) is 9.51. The molecular formula is C24H41N7O7S. The highest BCUT2D eigenvalue weighted by atomic mass is 32.2. The van der Waals surface area contributed by atoms with E-state index in [1.807, 2.05) is 18.7 Å². The largest absolute Gasteiger partial charge is 0.450 e. The zero-order valence-electron chi connectivity index (χ0n) is 22.3. The Labute approximate surface area is 232 Å². The maximum Gasteiger partial charge on any atom is 0.407 e. The first-order chi connectivity index (χ1) is 18.7. The molecule has 0 aromatic heterocycles. The lowest BCUT2D eigenvalue weighted by molar-refractivity contribution is -0.128. The van der Waals surface area contributed by atoms with Crippen molar-refractivity contribution in [1.82, 2.24) is 31.9 Å². The van der Waals surface area contributed by atoms with Gasteiger partial charge in [-0.1, -0.05) is 13.3 Å². The summed E-state index contributed by atoms with van der Waals surface area (Å²) in [6, 6.07) is -0.657. The molecule has 4 unspecified atom stereocenters. The Bertz CT molecular complexity index is 876. The molecule has 0 bridgehead atoms. The Morgan fingerprint density at radius 2 is 1.82 bits per heavy atom. The van der Waals surface area contributed by atoms with E-state index in [1.165, 1.54) is 0 Å². The Hall–Kier alpha value is -3.23. The van der Waals surface area contributed by atoms with E-state index in [0.29, 0.717) is 37.5 Å². The minimum absolute atomic E-state index is 0.0414. The van der Waals surface area contributed by atoms with Crippen LogP contribution in [0.2, 0.25) is 0 Å². The molecule has 0 aliphatic carbocycles. The monoisotopic (exact) mass is 571 g/mol. The molecule has 220 valence electrons. The third-order valence-electron chi connectivity index (χ3n) is 6.25. The van der Waals surface area contributed by atoms with Gasteiger partial charge < -0.3 is 42.4 Å². The fraction of sp³-hybridized carbons (Fsp3) is 0.750. The number of nitrogens with one attached hydrogen (secondary N) is 6. The van der Waals surface area contributed by atoms with Crippen LogP contribution in [0.1, 0.15) is 58.3 Å². The van der Waals surface area contributed by atoms with Crippen molar-refractivity contribution in [3.05, 3.63) is 0 Å². The van der Waals surface area contributed by atoms with Gasteiger partial charge >= 0.3 is 12.1 Å². The molecule has 2 fully saturated rings. The van der Waals surface area contributed by atoms with Gasteiger partial charge in [0.1, 0.15) is 6.04 Å². The molecule has 39 heavy (non-hydrogen) atoms. The van der Waals surface area contributed by atoms with E-state index >= 15 is 0 Å². The lowest BCUT2D eigenvalue weighted by Gasteiger charge is -2.18. The molecule has 0 aromatic rings. The molecule has 2 aliphatic rings. The van der Waals surface area contributed by atoms with Crippen LogP contribution in [0.15, 0.2) is 0 Å². The standard InChI is InChI=1S/C24H41N7O7S/c1-2-11-38-24(37)30-15(22(35)28-13-20(34)27-12-18(25)32)7-5-6-10-26-19(33)9-4-3-8-17-21-16(14-39-17)29-23(36)31-21/h15-17,21H,2-14H2,1H3,(H2,25,32)(H,26,33)(H,27,34)(H,28,35)(H,30,37)(H2,29,31,36). The highest BCUT2D eigenvalue weighted by molar-refractivity contribution is 8.00. The van der Waals surface area contributed by atoms with Crippen LogP contribution in [0.4, 0.5) is 9.59 Å². The summed E-state index contributed by atoms with van der Waals surface area (Å²) in [5.74, 6) is -0.995. The van der Waals surface area contributed by atoms with Crippen molar-refractivity contribution < 1.29 is 33.5 Å². The second kappa shape index (κ2) is 17.4. The zero-order chi connectivity index (χ0) is 28.6. The van der Waals surface area contributed by atoms with Crippen LogP contribution in [-0.2, 0) is 23.9 Å². The number of primary amides is 1. The Balaban J connectivity index is 1.62. The molecule has 14 nitrogen and oxygen atoms in total. The molecule has 2 heterocycles. The average Bonchev–Trinajstić information content (AvgIpc) is 3.45. The summed E-state index contributed by atoms with van der Waals surface area (Å²) >= 11 is 1.86. The van der Waals surface area contributed by atoms with Gasteiger partial charge in [-0.15, -0.1) is 0 Å². The second-order valence-corrected chi connectivity index (χ2v) is 10.8. The van der Waals surface area contributed by atoms with E-state index in [4.69, 9.17) is 10.5 Å². The van der Waals surface area contributed by atoms with Crippen molar-refractivity contribution in [2.75, 3.05) is 32.0 Å². The van der Waals surface area contributed by atoms with Crippen molar-refractivity contribution in [2.45, 2.75) is 81.7 Å². The number of rotatable bonds is 18. The van der Waals surface area contributed by atoms with Gasteiger partial charge in [0.2, 0.25) is 23.6 Å². The first-order valence-electron chi connectivity index (χ1n) is 13.4. The predicted molar refractivity (Wildman–Crippen MR) is 145 cm³/mol. The highest BCUT2D eigenvalue weighted by Crippen LogP contribution is 2.33. The number of amides is 7. The van der Waals surface area contributed by atoms with Crippen LogP contribution < -0.4 is 37.6 Å². The predicted octanol–water partition coefficient (Wildman–Crippen LogP) is -0.779. The first-order valence-corrected chi connectivity index (χ1v) is 14.5. The Kier molecular flexibility index (Phi) is 14.3. The molecule has 7 amide bonds. The first kappa shape index (κ1) is 32.0. The maximum atomic E-state index is 12.5. The van der Waals surface area contributed by atoms with E-state index in [9.17, 15) is 28.8 Å². The van der Waals surface area contributed by atoms with Crippen LogP contribution in [0.3, 0.4) is 0 Å². The number of nitrogens with two attached hydrogens (primary N) is 1. The zero-order valence-corrected chi connectivity index (χ0v) is 23.2. The van der Waals surface area contributed by atoms with Crippen LogP contribution in [-0.4, -0.2) is 91.1 Å². The van der Waals surface area contributed by atoms with E-state index in [1.54, 1.807) is 0 Å². The number of thioether (sulfide) groups is 1. The van der Waals surface area contributed by atoms with E-state index in [0.717, 1.165) is 25.0 Å². The molecule has 2 saturated heterocycles. The third-order valence-corrected chi connectivity index (χ3v) is 7.76. The van der Waals surface area contributed by atoms with Crippen LogP contribution >= 0.6 is 11.8 Å². The number of urea groups is 1. The number of carbonyl (C=O) groups is 6. The van der Waals surface area contributed by atoms with Gasteiger partial charge in [0.15, 0.2) is 0 Å². The fourth-order valence-electron chi connectivity index (χ4n) is 4.25. The molecule has 15 heteroatoms. The number of hydrogen-bond donors (Lipinski definition) is 7. The van der Waals surface area contributed by atoms with Gasteiger partial charge in [0.25, 0.3) is 0 Å². The SMILES string of the molecule is CCCOC(=O)NC(CCCCNC(=O)CCCCC1SCC2NC(=O)NC21)C(=O)NCC(=O)NCC(N)=O. The van der Waals surface area contributed by atoms with Gasteiger partial charge in [-0.3, -0.25) is 19.2 Å². The average molecular weight is 572 g/mol. The van der Waals surface area contributed by atoms with E-state index < -0.39 is 29.9 Å². The summed E-state index contributed by atoms with van der Waals surface area (Å²) in [5.41, 5.74) is 4.97. The van der Waals surface area contributed by atoms with Crippen LogP contribution in [0.5, 0.6) is 0 Å². The van der Waals surface area contributed by atoms with Gasteiger partial charge in [-0.25, -0.2) is 9.59 Å². The molecule has 0 saturated carbocycles. The topological polar surface area (TPSA) is 210 Å². The lowest BCUT2D eigenvalue weighted by Crippen LogP contribution is -2.49. The minimum Gasteiger partial charge on any atom is -0.450 e. The Morgan fingerprint density at radius 3 is 2.56 bits per heavy atom. The number of carbonyl (C=O) groups excluding carboxylic acids is 6. The van der Waals surface area contributed by atoms with Crippen LogP contribution in [0.25, 0.3) is 0 Å². The smallest absolute Gasteiger partial charge is 0.407 e. The third kappa shape index (κ3) is 12.4. The van der Waals surface area contributed by atoms with Gasteiger partial charge in [-0.05, 0) is 38.5 Å². The fourth-order valence-corrected chi connectivity index (χ4v) is 5.79. The Morgan fingerprint density at radius 1 is 1.03 bits per heavy atom. The molecule has 0 aromatic carbocycles. The summed E-state index contributed by atoms with van der Waals surface area (Å²) in [5, 5.41) is 16.3. The minimum atomic E-state index is -0.929. The van der Waals surface area contributed by atoms with Crippen LogP contribution in [0, 0.1) is 0 Å². The number of fused-ring (bicyclic) bond motifs is 1. The van der Waals surface area contributed by atoms with Gasteiger partial charge in [0.05, 0.1) is 31.8 Å². The molecule has 0 radical (unpaired) electrons. The summed E-state index contributed by atoms with van der Waals surface area (Å²) in [6.07, 6.45) is 4.33. The summed E-state index contributed by atoms with van der Waals surface area (Å²) in [7, 11) is 0. The molecular weight excluding hydrogens is 530 g/mol. The molecule has 4 atom stereocenters. The number of hydrogen-bond acceptors (Lipinski definition) is 8. The molecule has 0 spiro atoms. The van der Waals surface area contributed by atoms with E-state index in [-0.39, 0.29) is 50.1 Å². The van der Waals surface area contributed by atoms with Crippen molar-refractivity contribution in [3.8, 4) is 0 Å². The molecule has 2 rings (SSSR count). The summed E-state index contributed by atoms with van der Waals surface area (Å²) < 4.78 is 4.99. The van der Waals surface area contributed by atoms with Gasteiger partial charge in [0, 0.05) is 24.0 Å². The highest BCUT2D eigenvalue weighted by Gasteiger charge is 2.42. The number of ether oxygens (including phenoxy) is 1. The van der Waals surface area contributed by atoms with Crippen molar-refractivity contribution in [1.29, 1.82) is 0 Å². The summed E-state index contributed by atoms with van der Waals surface area (Å²) in [6.45, 7) is 1.76. The lowest BCUT2D eigenvalue weighted by atomic mass is 10.0. The van der Waals surface area contributed by atoms with E-state index in [2.05, 4.69) is 31.9 Å². The van der Waals surface area contributed by atoms with Crippen molar-refractivity contribution in [2.24, 2.45) is 5.73 Å². The molecule has 2 aliphatic heterocycles. The summed E-state index contributed by atoms with van der Waals surface area (Å²) in [4.78, 5) is 70.6. The number of unbranched alkanes of at least 4 members (excludes halogenated alkanes) is 2. The normalized spacial score (nSPS) is 20.1. The van der Waals surface area contributed by atoms with Gasteiger partial charge in [-0.2, -0.15) is 11.8 Å².